The Balaban J connectivity index is 2.48. The Kier molecular flexibility index (Phi) is 6.49. The lowest BCUT2D eigenvalue weighted by Gasteiger charge is -2.08. The van der Waals surface area contributed by atoms with Crippen molar-refractivity contribution in [2.75, 3.05) is 18.7 Å². The molecule has 0 aliphatic heterocycles. The van der Waals surface area contributed by atoms with Gasteiger partial charge in [0.2, 0.25) is 0 Å². The first-order valence-corrected chi connectivity index (χ1v) is 8.91. The van der Waals surface area contributed by atoms with Crippen LogP contribution in [-0.2, 0) is 9.84 Å². The van der Waals surface area contributed by atoms with E-state index in [2.05, 4.69) is 12.2 Å². The van der Waals surface area contributed by atoms with Gasteiger partial charge < -0.3 is 5.32 Å². The molecule has 0 radical (unpaired) electrons. The molecule has 0 saturated heterocycles. The molecule has 1 rings (SSSR count). The summed E-state index contributed by atoms with van der Waals surface area (Å²) >= 11 is 5.70. The van der Waals surface area contributed by atoms with E-state index in [4.69, 9.17) is 11.6 Å². The number of rotatable bonds is 7. The quantitative estimate of drug-likeness (QED) is 0.620. The van der Waals surface area contributed by atoms with Gasteiger partial charge in [0, 0.05) is 24.2 Å². The number of benzene rings is 1. The van der Waals surface area contributed by atoms with Crippen LogP contribution in [-0.4, -0.2) is 33.0 Å². The molecule has 20 heavy (non-hydrogen) atoms. The Morgan fingerprint density at radius 1 is 1.30 bits per heavy atom. The van der Waals surface area contributed by atoms with Gasteiger partial charge in [-0.25, -0.2) is 8.42 Å². The highest BCUT2D eigenvalue weighted by Gasteiger charge is 2.09. The number of carbonyl (C=O) groups excluding carboxylic acids is 1. The summed E-state index contributed by atoms with van der Waals surface area (Å²) < 4.78 is 22.6. The zero-order valence-electron chi connectivity index (χ0n) is 11.7. The third kappa shape index (κ3) is 5.51. The molecule has 0 aromatic heterocycles. The normalized spacial score (nSPS) is 12.9. The summed E-state index contributed by atoms with van der Waals surface area (Å²) in [6, 6.07) is 5.93. The predicted molar refractivity (Wildman–Crippen MR) is 81.0 cm³/mol. The summed E-state index contributed by atoms with van der Waals surface area (Å²) in [6.45, 7) is 2.66. The zero-order chi connectivity index (χ0) is 15.2. The largest absolute Gasteiger partial charge is 0.352 e. The number of hydrogen-bond donors (Lipinski definition) is 1. The van der Waals surface area contributed by atoms with Gasteiger partial charge in [0.05, 0.1) is 4.90 Å². The van der Waals surface area contributed by atoms with Crippen molar-refractivity contribution in [1.82, 2.24) is 5.32 Å². The molecule has 0 spiro atoms. The molecule has 1 N–H and O–H groups in total. The second-order valence-electron chi connectivity index (χ2n) is 4.95. The number of nitrogens with one attached hydrogen (secondary N) is 1. The van der Waals surface area contributed by atoms with Crippen molar-refractivity contribution in [3.05, 3.63) is 29.8 Å². The average molecular weight is 318 g/mol. The molecule has 1 aromatic rings. The second-order valence-corrected chi connectivity index (χ2v) is 7.28. The van der Waals surface area contributed by atoms with Gasteiger partial charge in [-0.3, -0.25) is 4.79 Å². The molecule has 1 unspecified atom stereocenters. The van der Waals surface area contributed by atoms with Crippen LogP contribution in [0.2, 0.25) is 0 Å². The number of hydrogen-bond acceptors (Lipinski definition) is 3. The minimum Gasteiger partial charge on any atom is -0.352 e. The molecule has 1 amide bonds. The second kappa shape index (κ2) is 7.64. The van der Waals surface area contributed by atoms with Crippen molar-refractivity contribution in [2.45, 2.75) is 24.7 Å². The Morgan fingerprint density at radius 2 is 1.90 bits per heavy atom. The van der Waals surface area contributed by atoms with Gasteiger partial charge in [-0.1, -0.05) is 6.92 Å². The van der Waals surface area contributed by atoms with E-state index in [-0.39, 0.29) is 10.8 Å². The minimum atomic E-state index is -3.22. The fourth-order valence-electron chi connectivity index (χ4n) is 1.69. The van der Waals surface area contributed by atoms with Crippen LogP contribution in [0.4, 0.5) is 0 Å². The topological polar surface area (TPSA) is 63.2 Å². The van der Waals surface area contributed by atoms with Gasteiger partial charge in [0.15, 0.2) is 9.84 Å². The lowest BCUT2D eigenvalue weighted by molar-refractivity contribution is 0.0952. The fourth-order valence-corrected chi connectivity index (χ4v) is 2.47. The molecule has 112 valence electrons. The Bertz CT molecular complexity index is 540. The van der Waals surface area contributed by atoms with E-state index in [0.717, 1.165) is 19.1 Å². The van der Waals surface area contributed by atoms with Crippen molar-refractivity contribution in [3.8, 4) is 0 Å². The van der Waals surface area contributed by atoms with Crippen LogP contribution in [0.1, 0.15) is 30.1 Å². The molecule has 0 saturated carbocycles. The van der Waals surface area contributed by atoms with Crippen molar-refractivity contribution >= 4 is 27.3 Å². The van der Waals surface area contributed by atoms with Crippen LogP contribution >= 0.6 is 11.6 Å². The van der Waals surface area contributed by atoms with Crippen LogP contribution in [0.5, 0.6) is 0 Å². The van der Waals surface area contributed by atoms with E-state index >= 15 is 0 Å². The number of carbonyl (C=O) groups is 1. The van der Waals surface area contributed by atoms with Gasteiger partial charge in [-0.2, -0.15) is 0 Å². The molecule has 0 aliphatic rings. The van der Waals surface area contributed by atoms with Gasteiger partial charge >= 0.3 is 0 Å². The Hall–Kier alpha value is -1.07. The summed E-state index contributed by atoms with van der Waals surface area (Å²) in [5.74, 6) is 0.882. The zero-order valence-corrected chi connectivity index (χ0v) is 13.3. The van der Waals surface area contributed by atoms with Crippen LogP contribution in [0.15, 0.2) is 29.2 Å². The highest BCUT2D eigenvalue weighted by atomic mass is 35.5. The molecular formula is C14H20ClNO3S. The van der Waals surface area contributed by atoms with Gasteiger partial charge in [-0.15, -0.1) is 11.6 Å². The van der Waals surface area contributed by atoms with E-state index < -0.39 is 9.84 Å². The number of halogens is 1. The lowest BCUT2D eigenvalue weighted by Crippen LogP contribution is -2.24. The molecule has 0 bridgehead atoms. The van der Waals surface area contributed by atoms with Gasteiger partial charge in [-0.05, 0) is 43.0 Å². The van der Waals surface area contributed by atoms with Gasteiger partial charge in [0.25, 0.3) is 5.91 Å². The molecule has 0 fully saturated rings. The van der Waals surface area contributed by atoms with Crippen LogP contribution < -0.4 is 5.32 Å². The molecule has 0 heterocycles. The maximum Gasteiger partial charge on any atom is 0.251 e. The van der Waals surface area contributed by atoms with E-state index in [1.54, 1.807) is 0 Å². The molecule has 1 atom stereocenters. The minimum absolute atomic E-state index is 0.191. The number of amides is 1. The third-order valence-electron chi connectivity index (χ3n) is 2.97. The highest BCUT2D eigenvalue weighted by Crippen LogP contribution is 2.10. The van der Waals surface area contributed by atoms with E-state index in [1.165, 1.54) is 24.3 Å². The number of alkyl halides is 1. The number of sulfone groups is 1. The van der Waals surface area contributed by atoms with Gasteiger partial charge in [0.1, 0.15) is 0 Å². The summed E-state index contributed by atoms with van der Waals surface area (Å²) in [5, 5.41) is 2.81. The van der Waals surface area contributed by atoms with Crippen LogP contribution in [0, 0.1) is 5.92 Å². The van der Waals surface area contributed by atoms with E-state index in [9.17, 15) is 13.2 Å². The first kappa shape index (κ1) is 17.0. The summed E-state index contributed by atoms with van der Waals surface area (Å²) in [6.07, 6.45) is 2.98. The third-order valence-corrected chi connectivity index (χ3v) is 4.62. The maximum absolute atomic E-state index is 11.8. The fraction of sp³-hybridized carbons (Fsp3) is 0.500. The first-order valence-electron chi connectivity index (χ1n) is 6.49. The Morgan fingerprint density at radius 3 is 2.40 bits per heavy atom. The first-order chi connectivity index (χ1) is 9.34. The average Bonchev–Trinajstić information content (AvgIpc) is 2.42. The SMILES string of the molecule is CC(CCl)CCCNC(=O)c1ccc(S(C)(=O)=O)cc1. The van der Waals surface area contributed by atoms with Crippen molar-refractivity contribution in [1.29, 1.82) is 0 Å². The molecular weight excluding hydrogens is 298 g/mol. The van der Waals surface area contributed by atoms with E-state index in [1.807, 2.05) is 0 Å². The monoisotopic (exact) mass is 317 g/mol. The summed E-state index contributed by atoms with van der Waals surface area (Å²) in [5.41, 5.74) is 0.461. The van der Waals surface area contributed by atoms with E-state index in [0.29, 0.717) is 23.9 Å². The van der Waals surface area contributed by atoms with Crippen LogP contribution in [0.25, 0.3) is 0 Å². The molecule has 1 aromatic carbocycles. The van der Waals surface area contributed by atoms with Crippen molar-refractivity contribution in [3.63, 3.8) is 0 Å². The predicted octanol–water partition coefficient (Wildman–Crippen LogP) is 2.48. The standard InChI is InChI=1S/C14H20ClNO3S/c1-11(10-15)4-3-9-16-14(17)12-5-7-13(8-6-12)20(2,18)19/h5-8,11H,3-4,9-10H2,1-2H3,(H,16,17). The smallest absolute Gasteiger partial charge is 0.251 e. The van der Waals surface area contributed by atoms with Crippen molar-refractivity contribution < 1.29 is 13.2 Å². The highest BCUT2D eigenvalue weighted by molar-refractivity contribution is 7.90. The Labute approximate surface area is 125 Å². The molecule has 6 heteroatoms. The van der Waals surface area contributed by atoms with Crippen LogP contribution in [0.3, 0.4) is 0 Å². The summed E-state index contributed by atoms with van der Waals surface area (Å²) in [4.78, 5) is 12.0. The lowest BCUT2D eigenvalue weighted by atomic mass is 10.1. The summed E-state index contributed by atoms with van der Waals surface area (Å²) in [7, 11) is -3.22. The molecule has 4 nitrogen and oxygen atoms in total. The molecule has 0 aliphatic carbocycles. The van der Waals surface area contributed by atoms with Crippen molar-refractivity contribution in [2.24, 2.45) is 5.92 Å². The maximum atomic E-state index is 11.8.